The summed E-state index contributed by atoms with van der Waals surface area (Å²) in [4.78, 5) is 0. The van der Waals surface area contributed by atoms with E-state index in [0.717, 1.165) is 0 Å². The first-order valence-corrected chi connectivity index (χ1v) is 7.61. The van der Waals surface area contributed by atoms with Crippen molar-refractivity contribution in [1.82, 2.24) is 0 Å². The summed E-state index contributed by atoms with van der Waals surface area (Å²) in [6, 6.07) is 0. The summed E-state index contributed by atoms with van der Waals surface area (Å²) in [5.41, 5.74) is 0. The van der Waals surface area contributed by atoms with Crippen LogP contribution in [0.5, 0.6) is 0 Å². The van der Waals surface area contributed by atoms with Crippen molar-refractivity contribution in [3.8, 4) is 0 Å². The van der Waals surface area contributed by atoms with E-state index in [4.69, 9.17) is 4.12 Å². The molecule has 0 rings (SSSR count). The second-order valence-electron chi connectivity index (χ2n) is 6.06. The highest BCUT2D eigenvalue weighted by atomic mass is 28.3. The Kier molecular flexibility index (Phi) is 5.79. The molecule has 0 amide bonds. The smallest absolute Gasteiger partial charge is 0.221 e. The lowest BCUT2D eigenvalue weighted by Crippen LogP contribution is -2.29. The van der Waals surface area contributed by atoms with Gasteiger partial charge < -0.3 is 4.12 Å². The first-order valence-electron chi connectivity index (χ1n) is 5.79. The minimum atomic E-state index is 0.320. The third kappa shape index (κ3) is 5.32. The Bertz CT molecular complexity index is 166. The molecule has 1 nitrogen and oxygen atoms in total. The average molecular weight is 243 g/mol. The van der Waals surface area contributed by atoms with Crippen LogP contribution in [0.3, 0.4) is 0 Å². The molecule has 0 saturated carbocycles. The van der Waals surface area contributed by atoms with Gasteiger partial charge in [-0.25, -0.2) is 0 Å². The van der Waals surface area contributed by atoms with Crippen LogP contribution in [0.25, 0.3) is 0 Å². The summed E-state index contributed by atoms with van der Waals surface area (Å²) < 4.78 is 5.94. The second kappa shape index (κ2) is 5.64. The fraction of sp³-hybridized carbons (Fsp3) is 1.00. The molecule has 0 aliphatic heterocycles. The van der Waals surface area contributed by atoms with E-state index in [9.17, 15) is 0 Å². The van der Waals surface area contributed by atoms with Crippen LogP contribution < -0.4 is 0 Å². The Labute approximate surface area is 101 Å². The zero-order valence-corrected chi connectivity index (χ0v) is 13.6. The lowest BCUT2D eigenvalue weighted by molar-refractivity contribution is 0.403. The first kappa shape index (κ1) is 15.4. The normalized spacial score (nSPS) is 14.0. The Balaban J connectivity index is 4.00. The maximum absolute atomic E-state index is 5.94. The lowest BCUT2D eigenvalue weighted by Gasteiger charge is -2.31. The average Bonchev–Trinajstić information content (AvgIpc) is 2.02. The van der Waals surface area contributed by atoms with Crippen LogP contribution in [-0.4, -0.2) is 19.5 Å². The van der Waals surface area contributed by atoms with E-state index in [1.165, 1.54) is 0 Å². The maximum Gasteiger partial charge on any atom is 0.221 e. The minimum absolute atomic E-state index is 0.320. The summed E-state index contributed by atoms with van der Waals surface area (Å²) in [5.74, 6) is 1.37. The predicted octanol–water partition coefficient (Wildman–Crippen LogP) is 3.95. The molecule has 0 heterocycles. The van der Waals surface area contributed by atoms with E-state index in [0.29, 0.717) is 41.4 Å². The molecule has 0 saturated heterocycles. The zero-order valence-electron chi connectivity index (χ0n) is 11.6. The van der Waals surface area contributed by atoms with Crippen molar-refractivity contribution in [2.45, 2.75) is 65.5 Å². The lowest BCUT2D eigenvalue weighted by atomic mass is 9.99. The Morgan fingerprint density at radius 2 is 1.00 bits per heavy atom. The van der Waals surface area contributed by atoms with E-state index in [-0.39, 0.29) is 0 Å². The van der Waals surface area contributed by atoms with Crippen LogP contribution in [0.15, 0.2) is 0 Å². The standard InChI is InChI=1S/C12H26OSi2/c1-9(2)11(5,6)14-13-15-12(7,8)10(3)4/h9-10H,1-8H3. The molecule has 0 aromatic carbocycles. The topological polar surface area (TPSA) is 9.23 Å². The SMILES string of the molecule is CC(C)C(C)(C)[Si]O[Si]C(C)(C)C(C)C. The van der Waals surface area contributed by atoms with Gasteiger partial charge in [-0.3, -0.25) is 0 Å². The van der Waals surface area contributed by atoms with Gasteiger partial charge in [-0.2, -0.15) is 0 Å². The van der Waals surface area contributed by atoms with Gasteiger partial charge in [0.1, 0.15) is 0 Å². The summed E-state index contributed by atoms with van der Waals surface area (Å²) >= 11 is 0. The molecule has 0 aromatic rings. The molecule has 0 aliphatic rings. The van der Waals surface area contributed by atoms with Gasteiger partial charge in [-0.15, -0.1) is 0 Å². The number of hydrogen-bond donors (Lipinski definition) is 0. The summed E-state index contributed by atoms with van der Waals surface area (Å²) in [6.45, 7) is 18.3. The van der Waals surface area contributed by atoms with E-state index >= 15 is 0 Å². The second-order valence-corrected chi connectivity index (χ2v) is 9.86. The molecule has 0 aliphatic carbocycles. The van der Waals surface area contributed by atoms with Gasteiger partial charge in [-0.1, -0.05) is 55.4 Å². The van der Waals surface area contributed by atoms with Gasteiger partial charge in [0.2, 0.25) is 19.5 Å². The van der Waals surface area contributed by atoms with Crippen molar-refractivity contribution in [3.05, 3.63) is 0 Å². The minimum Gasteiger partial charge on any atom is -0.456 e. The van der Waals surface area contributed by atoms with Crippen LogP contribution >= 0.6 is 0 Å². The van der Waals surface area contributed by atoms with Gasteiger partial charge in [-0.05, 0) is 21.9 Å². The van der Waals surface area contributed by atoms with Crippen molar-refractivity contribution in [2.75, 3.05) is 0 Å². The van der Waals surface area contributed by atoms with Gasteiger partial charge in [0.25, 0.3) is 0 Å². The van der Waals surface area contributed by atoms with Crippen molar-refractivity contribution in [3.63, 3.8) is 0 Å². The van der Waals surface area contributed by atoms with Crippen molar-refractivity contribution < 1.29 is 4.12 Å². The molecule has 0 bridgehead atoms. The van der Waals surface area contributed by atoms with Crippen molar-refractivity contribution in [2.24, 2.45) is 11.8 Å². The first-order chi connectivity index (χ1) is 6.59. The highest BCUT2D eigenvalue weighted by Gasteiger charge is 2.29. The molecule has 15 heavy (non-hydrogen) atoms. The fourth-order valence-corrected chi connectivity index (χ4v) is 3.30. The third-order valence-corrected chi connectivity index (χ3v) is 6.54. The van der Waals surface area contributed by atoms with Crippen LogP contribution in [0, 0.1) is 11.8 Å². The quantitative estimate of drug-likeness (QED) is 0.641. The van der Waals surface area contributed by atoms with Crippen molar-refractivity contribution >= 4 is 19.5 Å². The summed E-state index contributed by atoms with van der Waals surface area (Å²) in [7, 11) is 1.24. The molecule has 4 radical (unpaired) electrons. The van der Waals surface area contributed by atoms with Crippen LogP contribution in [0.1, 0.15) is 55.4 Å². The molecule has 0 N–H and O–H groups in total. The van der Waals surface area contributed by atoms with Gasteiger partial charge >= 0.3 is 0 Å². The molecule has 0 unspecified atom stereocenters. The van der Waals surface area contributed by atoms with Crippen LogP contribution in [0.4, 0.5) is 0 Å². The molecule has 0 fully saturated rings. The molecule has 0 spiro atoms. The predicted molar refractivity (Wildman–Crippen MR) is 70.4 cm³/mol. The molecule has 0 atom stereocenters. The molecular formula is C12H26OSi2. The molecular weight excluding hydrogens is 216 g/mol. The highest BCUT2D eigenvalue weighted by molar-refractivity contribution is 6.46. The Morgan fingerprint density at radius 1 is 0.733 bits per heavy atom. The Hall–Kier alpha value is 0.394. The van der Waals surface area contributed by atoms with Gasteiger partial charge in [0, 0.05) is 0 Å². The summed E-state index contributed by atoms with van der Waals surface area (Å²) in [5, 5.41) is 0.639. The number of rotatable bonds is 6. The molecule has 3 heteroatoms. The van der Waals surface area contributed by atoms with Crippen LogP contribution in [-0.2, 0) is 4.12 Å². The molecule has 88 valence electrons. The number of hydrogen-bond acceptors (Lipinski definition) is 1. The maximum atomic E-state index is 5.94. The van der Waals surface area contributed by atoms with E-state index in [1.54, 1.807) is 0 Å². The third-order valence-electron chi connectivity index (χ3n) is 3.51. The van der Waals surface area contributed by atoms with Gasteiger partial charge in [0.05, 0.1) is 0 Å². The van der Waals surface area contributed by atoms with E-state index < -0.39 is 0 Å². The Morgan fingerprint density at radius 3 is 1.20 bits per heavy atom. The van der Waals surface area contributed by atoms with E-state index in [1.807, 2.05) is 0 Å². The highest BCUT2D eigenvalue weighted by Crippen LogP contribution is 2.36. The fourth-order valence-electron chi connectivity index (χ4n) is 0.524. The van der Waals surface area contributed by atoms with E-state index in [2.05, 4.69) is 55.4 Å². The largest absolute Gasteiger partial charge is 0.456 e. The van der Waals surface area contributed by atoms with Crippen molar-refractivity contribution in [1.29, 1.82) is 0 Å². The monoisotopic (exact) mass is 242 g/mol. The molecule has 0 aromatic heterocycles. The van der Waals surface area contributed by atoms with Crippen LogP contribution in [0.2, 0.25) is 10.1 Å². The van der Waals surface area contributed by atoms with Gasteiger partial charge in [0.15, 0.2) is 0 Å². The zero-order chi connectivity index (χ0) is 12.3. The summed E-state index contributed by atoms with van der Waals surface area (Å²) in [6.07, 6.45) is 0.